The number of benzene rings is 4. The predicted molar refractivity (Wildman–Crippen MR) is 132 cm³/mol. The topological polar surface area (TPSA) is 83.5 Å². The number of rotatable bonds is 5. The van der Waals surface area contributed by atoms with Gasteiger partial charge in [0.2, 0.25) is 0 Å². The van der Waals surface area contributed by atoms with Crippen LogP contribution in [0.1, 0.15) is 32.6 Å². The van der Waals surface area contributed by atoms with Crippen molar-refractivity contribution < 1.29 is 22.7 Å². The summed E-state index contributed by atoms with van der Waals surface area (Å²) < 4.78 is 43.9. The molecule has 0 aliphatic carbocycles. The molecule has 7 heteroatoms. The van der Waals surface area contributed by atoms with Gasteiger partial charge in [-0.3, -0.25) is 4.72 Å². The molecular formula is C27H24FNO4S. The number of carboxylic acid groups (broad SMARTS) is 1. The predicted octanol–water partition coefficient (Wildman–Crippen LogP) is 6.38. The van der Waals surface area contributed by atoms with Gasteiger partial charge in [0.25, 0.3) is 10.0 Å². The second-order valence-electron chi connectivity index (χ2n) is 8.44. The summed E-state index contributed by atoms with van der Waals surface area (Å²) in [6, 6.07) is 16.5. The number of aromatic carboxylic acids is 1. The van der Waals surface area contributed by atoms with E-state index in [0.29, 0.717) is 33.3 Å². The zero-order chi connectivity index (χ0) is 24.8. The molecule has 0 bridgehead atoms. The fourth-order valence-corrected chi connectivity index (χ4v) is 5.90. The second-order valence-corrected chi connectivity index (χ2v) is 10.1. The van der Waals surface area contributed by atoms with E-state index in [1.807, 2.05) is 50.2 Å². The molecular weight excluding hydrogens is 453 g/mol. The van der Waals surface area contributed by atoms with Crippen LogP contribution in [0.3, 0.4) is 0 Å². The molecule has 0 saturated heterocycles. The molecule has 0 amide bonds. The first-order chi connectivity index (χ1) is 16.0. The fourth-order valence-electron chi connectivity index (χ4n) is 4.21. The maximum absolute atomic E-state index is 13.9. The van der Waals surface area contributed by atoms with Gasteiger partial charge in [-0.2, -0.15) is 0 Å². The van der Waals surface area contributed by atoms with Gasteiger partial charge in [-0.25, -0.2) is 17.6 Å². The Bertz CT molecular complexity index is 1550. The Balaban J connectivity index is 1.91. The minimum absolute atomic E-state index is 0.245. The quantitative estimate of drug-likeness (QED) is 0.349. The van der Waals surface area contributed by atoms with E-state index in [2.05, 4.69) is 4.72 Å². The van der Waals surface area contributed by atoms with Crippen molar-refractivity contribution in [2.75, 3.05) is 4.72 Å². The Kier molecular flexibility index (Phi) is 5.91. The molecule has 34 heavy (non-hydrogen) atoms. The van der Waals surface area contributed by atoms with Crippen LogP contribution < -0.4 is 4.72 Å². The normalized spacial score (nSPS) is 11.6. The van der Waals surface area contributed by atoms with Crippen LogP contribution in [0.2, 0.25) is 0 Å². The molecule has 0 atom stereocenters. The third-order valence-electron chi connectivity index (χ3n) is 6.20. The maximum atomic E-state index is 13.9. The Morgan fingerprint density at radius 3 is 2.15 bits per heavy atom. The highest BCUT2D eigenvalue weighted by molar-refractivity contribution is 7.92. The molecule has 4 aromatic carbocycles. The van der Waals surface area contributed by atoms with E-state index < -0.39 is 27.4 Å². The van der Waals surface area contributed by atoms with Crippen LogP contribution in [0.4, 0.5) is 10.1 Å². The van der Waals surface area contributed by atoms with Gasteiger partial charge in [0.1, 0.15) is 5.82 Å². The highest BCUT2D eigenvalue weighted by Gasteiger charge is 2.23. The summed E-state index contributed by atoms with van der Waals surface area (Å²) in [4.78, 5) is 11.7. The minimum Gasteiger partial charge on any atom is -0.478 e. The zero-order valence-electron chi connectivity index (χ0n) is 19.2. The lowest BCUT2D eigenvalue weighted by Gasteiger charge is -2.18. The number of carboxylic acids is 1. The monoisotopic (exact) mass is 477 g/mol. The van der Waals surface area contributed by atoms with Gasteiger partial charge in [0.15, 0.2) is 0 Å². The van der Waals surface area contributed by atoms with E-state index >= 15 is 0 Å². The summed E-state index contributed by atoms with van der Waals surface area (Å²) >= 11 is 0. The zero-order valence-corrected chi connectivity index (χ0v) is 20.0. The van der Waals surface area contributed by atoms with Crippen molar-refractivity contribution in [3.63, 3.8) is 0 Å². The van der Waals surface area contributed by atoms with Crippen LogP contribution in [0.15, 0.2) is 65.6 Å². The van der Waals surface area contributed by atoms with Gasteiger partial charge in [-0.05, 0) is 90.7 Å². The average molecular weight is 478 g/mol. The van der Waals surface area contributed by atoms with Gasteiger partial charge in [0.05, 0.1) is 16.1 Å². The van der Waals surface area contributed by atoms with E-state index in [1.165, 1.54) is 12.1 Å². The van der Waals surface area contributed by atoms with Crippen molar-refractivity contribution in [1.29, 1.82) is 0 Å². The molecule has 2 N–H and O–H groups in total. The number of anilines is 1. The van der Waals surface area contributed by atoms with Crippen LogP contribution in [0.5, 0.6) is 0 Å². The van der Waals surface area contributed by atoms with Gasteiger partial charge in [-0.1, -0.05) is 36.4 Å². The smallest absolute Gasteiger partial charge is 0.338 e. The number of hydrogen-bond donors (Lipinski definition) is 2. The lowest BCUT2D eigenvalue weighted by atomic mass is 9.98. The molecule has 5 nitrogen and oxygen atoms in total. The molecule has 0 unspecified atom stereocenters. The molecule has 0 heterocycles. The third kappa shape index (κ3) is 4.15. The molecule has 0 saturated carbocycles. The van der Waals surface area contributed by atoms with E-state index in [9.17, 15) is 22.7 Å². The second kappa shape index (κ2) is 8.57. The van der Waals surface area contributed by atoms with Gasteiger partial charge >= 0.3 is 5.97 Å². The maximum Gasteiger partial charge on any atom is 0.338 e. The Morgan fingerprint density at radius 2 is 1.50 bits per heavy atom. The summed E-state index contributed by atoms with van der Waals surface area (Å²) in [5.41, 5.74) is 4.06. The lowest BCUT2D eigenvalue weighted by molar-refractivity contribution is 0.0692. The standard InChI is InChI=1S/C27H24FNO4S/c1-15-11-16(2)18(4)26(17(15)3)34(32,33)29-25-14-21(12-20-7-5-6-8-22(20)25)19-9-10-24(28)23(13-19)27(30)31/h5-14,29H,1-4H3,(H,30,31). The molecule has 0 fully saturated rings. The van der Waals surface area contributed by atoms with E-state index in [0.717, 1.165) is 22.6 Å². The van der Waals surface area contributed by atoms with Crippen molar-refractivity contribution in [3.05, 3.63) is 94.3 Å². The van der Waals surface area contributed by atoms with Crippen LogP contribution in [0.25, 0.3) is 21.9 Å². The number of halogens is 1. The highest BCUT2D eigenvalue weighted by atomic mass is 32.2. The van der Waals surface area contributed by atoms with E-state index in [4.69, 9.17) is 0 Å². The number of carbonyl (C=O) groups is 1. The summed E-state index contributed by atoms with van der Waals surface area (Å²) in [6.45, 7) is 7.34. The fraction of sp³-hybridized carbons (Fsp3) is 0.148. The van der Waals surface area contributed by atoms with Crippen molar-refractivity contribution in [2.45, 2.75) is 32.6 Å². The number of sulfonamides is 1. The summed E-state index contributed by atoms with van der Waals surface area (Å²) in [7, 11) is -3.94. The summed E-state index contributed by atoms with van der Waals surface area (Å²) in [5.74, 6) is -2.21. The molecule has 0 aliphatic rings. The van der Waals surface area contributed by atoms with Crippen LogP contribution in [-0.2, 0) is 10.0 Å². The van der Waals surface area contributed by atoms with Crippen molar-refractivity contribution >= 4 is 32.5 Å². The Hall–Kier alpha value is -3.71. The minimum atomic E-state index is -3.94. The van der Waals surface area contributed by atoms with Gasteiger partial charge < -0.3 is 5.11 Å². The summed E-state index contributed by atoms with van der Waals surface area (Å²) in [5, 5.41) is 10.8. The molecule has 0 aliphatic heterocycles. The van der Waals surface area contributed by atoms with Crippen molar-refractivity contribution in [1.82, 2.24) is 0 Å². The highest BCUT2D eigenvalue weighted by Crippen LogP contribution is 2.34. The van der Waals surface area contributed by atoms with Gasteiger partial charge in [-0.15, -0.1) is 0 Å². The molecule has 0 aromatic heterocycles. The van der Waals surface area contributed by atoms with Crippen LogP contribution in [-0.4, -0.2) is 19.5 Å². The van der Waals surface area contributed by atoms with Crippen molar-refractivity contribution in [3.8, 4) is 11.1 Å². The Labute approximate surface area is 197 Å². The number of nitrogens with one attached hydrogen (secondary N) is 1. The molecule has 0 radical (unpaired) electrons. The van der Waals surface area contributed by atoms with Crippen LogP contribution in [0, 0.1) is 33.5 Å². The average Bonchev–Trinajstić information content (AvgIpc) is 2.77. The lowest BCUT2D eigenvalue weighted by Crippen LogP contribution is -2.17. The van der Waals surface area contributed by atoms with E-state index in [1.54, 1.807) is 19.9 Å². The first-order valence-corrected chi connectivity index (χ1v) is 12.1. The van der Waals surface area contributed by atoms with Crippen LogP contribution >= 0.6 is 0 Å². The first-order valence-electron chi connectivity index (χ1n) is 10.7. The summed E-state index contributed by atoms with van der Waals surface area (Å²) in [6.07, 6.45) is 0. The number of aryl methyl sites for hydroxylation is 2. The van der Waals surface area contributed by atoms with E-state index in [-0.39, 0.29) is 4.90 Å². The number of fused-ring (bicyclic) bond motifs is 1. The van der Waals surface area contributed by atoms with Gasteiger partial charge in [0, 0.05) is 5.39 Å². The third-order valence-corrected chi connectivity index (χ3v) is 7.84. The van der Waals surface area contributed by atoms with Crippen molar-refractivity contribution in [2.24, 2.45) is 0 Å². The molecule has 0 spiro atoms. The first kappa shape index (κ1) is 23.4. The molecule has 4 rings (SSSR count). The molecule has 174 valence electrons. The number of hydrogen-bond acceptors (Lipinski definition) is 3. The Morgan fingerprint density at radius 1 is 0.853 bits per heavy atom. The molecule has 4 aromatic rings. The SMILES string of the molecule is Cc1cc(C)c(C)c(S(=O)(=O)Nc2cc(-c3ccc(F)c(C(=O)O)c3)cc3ccccc23)c1C. The largest absolute Gasteiger partial charge is 0.478 e.